The van der Waals surface area contributed by atoms with Crippen LogP contribution in [0.5, 0.6) is 0 Å². The molecule has 0 bridgehead atoms. The molecule has 0 fully saturated rings. The van der Waals surface area contributed by atoms with Gasteiger partial charge in [0.15, 0.2) is 0 Å². The summed E-state index contributed by atoms with van der Waals surface area (Å²) in [5.74, 6) is 0.366. The molecule has 0 saturated carbocycles. The maximum atomic E-state index is 11.7. The Bertz CT molecular complexity index is 326. The summed E-state index contributed by atoms with van der Waals surface area (Å²) in [5, 5.41) is 0. The largest absolute Gasteiger partial charge is 0.341 e. The maximum Gasteiger partial charge on any atom is 0.225 e. The Balaban J connectivity index is 0.00000112. The summed E-state index contributed by atoms with van der Waals surface area (Å²) in [7, 11) is 1.88. The quantitative estimate of drug-likeness (QED) is 0.637. The van der Waals surface area contributed by atoms with Crippen LogP contribution in [-0.2, 0) is 17.8 Å². The minimum atomic E-state index is 0. The lowest BCUT2D eigenvalue weighted by Crippen LogP contribution is -2.29. The average molecular weight is 205 g/mol. The monoisotopic (exact) mass is 205 g/mol. The molecule has 82 valence electrons. The van der Waals surface area contributed by atoms with Crippen molar-refractivity contribution in [2.24, 2.45) is 5.92 Å². The van der Waals surface area contributed by atoms with Crippen molar-refractivity contribution in [3.8, 4) is 0 Å². The van der Waals surface area contributed by atoms with E-state index in [9.17, 15) is 4.79 Å². The van der Waals surface area contributed by atoms with Gasteiger partial charge in [0.2, 0.25) is 5.91 Å². The zero-order chi connectivity index (χ0) is 10.1. The number of rotatable bonds is 0. The second kappa shape index (κ2) is 4.47. The van der Waals surface area contributed by atoms with E-state index in [-0.39, 0.29) is 19.3 Å². The topological polar surface area (TPSA) is 20.3 Å². The Morgan fingerprint density at radius 2 is 1.87 bits per heavy atom. The molecule has 1 heterocycles. The molecule has 0 saturated heterocycles. The molecule has 0 radical (unpaired) electrons. The fraction of sp³-hybridized carbons (Fsp3) is 0.462. The highest BCUT2D eigenvalue weighted by Gasteiger charge is 2.23. The van der Waals surface area contributed by atoms with Crippen LogP contribution >= 0.6 is 0 Å². The molecule has 2 nitrogen and oxygen atoms in total. The highest BCUT2D eigenvalue weighted by molar-refractivity contribution is 5.79. The van der Waals surface area contributed by atoms with E-state index in [1.54, 1.807) is 0 Å². The molecule has 1 aromatic rings. The van der Waals surface area contributed by atoms with Gasteiger partial charge in [-0.1, -0.05) is 38.6 Å². The van der Waals surface area contributed by atoms with Crippen molar-refractivity contribution >= 4 is 5.91 Å². The van der Waals surface area contributed by atoms with Gasteiger partial charge in [-0.3, -0.25) is 4.79 Å². The molecule has 0 aromatic heterocycles. The van der Waals surface area contributed by atoms with E-state index in [1.807, 2.05) is 31.0 Å². The number of nitrogens with zero attached hydrogens (tertiary/aromatic N) is 1. The van der Waals surface area contributed by atoms with Crippen LogP contribution in [-0.4, -0.2) is 17.9 Å². The van der Waals surface area contributed by atoms with Crippen molar-refractivity contribution in [1.29, 1.82) is 0 Å². The first-order valence-corrected chi connectivity index (χ1v) is 5.00. The van der Waals surface area contributed by atoms with Crippen molar-refractivity contribution in [1.82, 2.24) is 4.90 Å². The third kappa shape index (κ3) is 2.20. The van der Waals surface area contributed by atoms with Crippen LogP contribution in [0.2, 0.25) is 0 Å². The molecule has 1 unspecified atom stereocenters. The smallest absolute Gasteiger partial charge is 0.225 e. The summed E-state index contributed by atoms with van der Waals surface area (Å²) in [5.41, 5.74) is 2.60. The average Bonchev–Trinajstić information content (AvgIpc) is 2.28. The second-order valence-electron chi connectivity index (χ2n) is 4.07. The molecule has 0 aliphatic carbocycles. The Labute approximate surface area is 91.9 Å². The predicted octanol–water partition coefficient (Wildman–Crippen LogP) is 2.47. The number of fused-ring (bicyclic) bond motifs is 1. The van der Waals surface area contributed by atoms with E-state index in [0.29, 0.717) is 0 Å². The van der Waals surface area contributed by atoms with Gasteiger partial charge in [-0.2, -0.15) is 0 Å². The van der Waals surface area contributed by atoms with E-state index in [1.165, 1.54) is 11.1 Å². The molecule has 2 rings (SSSR count). The van der Waals surface area contributed by atoms with E-state index < -0.39 is 0 Å². The normalized spacial score (nSPS) is 20.3. The van der Waals surface area contributed by atoms with Gasteiger partial charge in [-0.25, -0.2) is 0 Å². The summed E-state index contributed by atoms with van der Waals surface area (Å²) < 4.78 is 0. The van der Waals surface area contributed by atoms with Gasteiger partial charge in [-0.15, -0.1) is 0 Å². The molecule has 0 N–H and O–H groups in total. The van der Waals surface area contributed by atoms with Crippen molar-refractivity contribution in [2.45, 2.75) is 27.3 Å². The van der Waals surface area contributed by atoms with Crippen LogP contribution in [0.25, 0.3) is 0 Å². The van der Waals surface area contributed by atoms with Gasteiger partial charge in [0.1, 0.15) is 0 Å². The molecule has 1 aliphatic heterocycles. The standard InChI is InChI=1S/C12H15NO.CH4/c1-9-7-10-5-3-4-6-11(10)8-13(2)12(9)14;/h3-6,9H,7-8H2,1-2H3;1H4. The second-order valence-corrected chi connectivity index (χ2v) is 4.07. The molecule has 1 amide bonds. The molecule has 0 spiro atoms. The summed E-state index contributed by atoms with van der Waals surface area (Å²) in [6.45, 7) is 2.75. The molecule has 1 aliphatic rings. The zero-order valence-electron chi connectivity index (χ0n) is 8.66. The highest BCUT2D eigenvalue weighted by Crippen LogP contribution is 2.21. The first kappa shape index (κ1) is 11.8. The number of carbonyl (C=O) groups excluding carboxylic acids is 1. The van der Waals surface area contributed by atoms with Crippen molar-refractivity contribution in [2.75, 3.05) is 7.05 Å². The predicted molar refractivity (Wildman–Crippen MR) is 62.5 cm³/mol. The molecule has 1 atom stereocenters. The third-order valence-corrected chi connectivity index (χ3v) is 2.85. The zero-order valence-corrected chi connectivity index (χ0v) is 8.66. The number of benzene rings is 1. The molecular weight excluding hydrogens is 186 g/mol. The van der Waals surface area contributed by atoms with E-state index >= 15 is 0 Å². The van der Waals surface area contributed by atoms with E-state index in [4.69, 9.17) is 0 Å². The third-order valence-electron chi connectivity index (χ3n) is 2.85. The Hall–Kier alpha value is -1.31. The van der Waals surface area contributed by atoms with E-state index in [0.717, 1.165) is 13.0 Å². The van der Waals surface area contributed by atoms with Crippen molar-refractivity contribution in [3.63, 3.8) is 0 Å². The Morgan fingerprint density at radius 1 is 1.27 bits per heavy atom. The first-order valence-electron chi connectivity index (χ1n) is 5.00. The Kier molecular flexibility index (Phi) is 3.51. The number of hydrogen-bond acceptors (Lipinski definition) is 1. The molecule has 1 aromatic carbocycles. The summed E-state index contributed by atoms with van der Waals surface area (Å²) in [4.78, 5) is 13.6. The van der Waals surface area contributed by atoms with Gasteiger partial charge < -0.3 is 4.90 Å². The summed E-state index contributed by atoms with van der Waals surface area (Å²) >= 11 is 0. The van der Waals surface area contributed by atoms with Crippen LogP contribution in [0.15, 0.2) is 24.3 Å². The minimum absolute atomic E-state index is 0. The lowest BCUT2D eigenvalue weighted by molar-refractivity contribution is -0.133. The molecular formula is C13H19NO. The van der Waals surface area contributed by atoms with Gasteiger partial charge >= 0.3 is 0 Å². The molecule has 15 heavy (non-hydrogen) atoms. The van der Waals surface area contributed by atoms with Gasteiger partial charge in [-0.05, 0) is 17.5 Å². The van der Waals surface area contributed by atoms with Crippen LogP contribution < -0.4 is 0 Å². The number of hydrogen-bond donors (Lipinski definition) is 0. The maximum absolute atomic E-state index is 11.7. The van der Waals surface area contributed by atoms with Crippen molar-refractivity contribution in [3.05, 3.63) is 35.4 Å². The number of carbonyl (C=O) groups is 1. The van der Waals surface area contributed by atoms with Crippen LogP contribution in [0.1, 0.15) is 25.5 Å². The van der Waals surface area contributed by atoms with Gasteiger partial charge in [0, 0.05) is 19.5 Å². The van der Waals surface area contributed by atoms with Crippen LogP contribution in [0.3, 0.4) is 0 Å². The summed E-state index contributed by atoms with van der Waals surface area (Å²) in [6.07, 6.45) is 0.874. The minimum Gasteiger partial charge on any atom is -0.341 e. The Morgan fingerprint density at radius 3 is 2.53 bits per heavy atom. The van der Waals surface area contributed by atoms with Crippen LogP contribution in [0.4, 0.5) is 0 Å². The SMILES string of the molecule is C.CC1Cc2ccccc2CN(C)C1=O. The fourth-order valence-corrected chi connectivity index (χ4v) is 2.04. The number of amides is 1. The van der Waals surface area contributed by atoms with Crippen molar-refractivity contribution < 1.29 is 4.79 Å². The van der Waals surface area contributed by atoms with Gasteiger partial charge in [0.25, 0.3) is 0 Å². The molecule has 2 heteroatoms. The highest BCUT2D eigenvalue weighted by atomic mass is 16.2. The van der Waals surface area contributed by atoms with E-state index in [2.05, 4.69) is 12.1 Å². The lowest BCUT2D eigenvalue weighted by atomic mass is 9.99. The lowest BCUT2D eigenvalue weighted by Gasteiger charge is -2.16. The van der Waals surface area contributed by atoms with Crippen LogP contribution in [0, 0.1) is 5.92 Å². The fourth-order valence-electron chi connectivity index (χ4n) is 2.04. The van der Waals surface area contributed by atoms with Gasteiger partial charge in [0.05, 0.1) is 0 Å². The first-order chi connectivity index (χ1) is 6.68. The summed E-state index contributed by atoms with van der Waals surface area (Å²) in [6, 6.07) is 8.31.